The van der Waals surface area contributed by atoms with E-state index in [0.717, 1.165) is 0 Å². The molecule has 0 atom stereocenters. The monoisotopic (exact) mass is 274 g/mol. The zero-order valence-corrected chi connectivity index (χ0v) is 11.2. The summed E-state index contributed by atoms with van der Waals surface area (Å²) in [6.07, 6.45) is 1.67. The van der Waals surface area contributed by atoms with Gasteiger partial charge in [0.2, 0.25) is 11.6 Å². The van der Waals surface area contributed by atoms with Gasteiger partial charge in [0.05, 0.1) is 6.54 Å². The zero-order chi connectivity index (χ0) is 14.1. The van der Waals surface area contributed by atoms with Gasteiger partial charge in [-0.15, -0.1) is 0 Å². The molecule has 0 aromatic carbocycles. The molecule has 0 saturated heterocycles. The van der Waals surface area contributed by atoms with Gasteiger partial charge in [0, 0.05) is 13.2 Å². The topological polar surface area (TPSA) is 94.0 Å². The molecule has 0 aliphatic carbocycles. The van der Waals surface area contributed by atoms with E-state index in [2.05, 4.69) is 25.7 Å². The Labute approximate surface area is 115 Å². The Hall–Kier alpha value is -2.64. The molecule has 1 amide bonds. The standard InChI is InChI=1S/C12H14N6O2/c1-7-15-10-9(20-6-4-14-10)11(16-7)18-5-3-8(17-18)12(19)13-2/h3,5H,4,6H2,1-2H3,(H,13,19)(H,14,15,16). The summed E-state index contributed by atoms with van der Waals surface area (Å²) in [7, 11) is 1.56. The second-order valence-electron chi connectivity index (χ2n) is 4.27. The third-order valence-corrected chi connectivity index (χ3v) is 2.87. The van der Waals surface area contributed by atoms with Crippen LogP contribution in [0.5, 0.6) is 5.75 Å². The highest BCUT2D eigenvalue weighted by atomic mass is 16.5. The molecule has 0 radical (unpaired) electrons. The second-order valence-corrected chi connectivity index (χ2v) is 4.27. The van der Waals surface area contributed by atoms with Gasteiger partial charge in [-0.3, -0.25) is 4.79 Å². The summed E-state index contributed by atoms with van der Waals surface area (Å²) < 4.78 is 7.13. The molecule has 8 nitrogen and oxygen atoms in total. The van der Waals surface area contributed by atoms with Crippen LogP contribution in [0, 0.1) is 6.92 Å². The van der Waals surface area contributed by atoms with Gasteiger partial charge < -0.3 is 15.4 Å². The number of fused-ring (bicyclic) bond motifs is 1. The fourth-order valence-electron chi connectivity index (χ4n) is 1.97. The fourth-order valence-corrected chi connectivity index (χ4v) is 1.97. The Bertz CT molecular complexity index is 666. The van der Waals surface area contributed by atoms with Gasteiger partial charge in [-0.2, -0.15) is 5.10 Å². The molecule has 8 heteroatoms. The molecule has 3 rings (SSSR count). The number of aryl methyl sites for hydroxylation is 1. The van der Waals surface area contributed by atoms with Crippen molar-refractivity contribution in [2.45, 2.75) is 6.92 Å². The van der Waals surface area contributed by atoms with Crippen LogP contribution < -0.4 is 15.4 Å². The maximum atomic E-state index is 11.6. The molecule has 1 aliphatic heterocycles. The second kappa shape index (κ2) is 4.80. The van der Waals surface area contributed by atoms with E-state index in [-0.39, 0.29) is 5.91 Å². The van der Waals surface area contributed by atoms with Crippen molar-refractivity contribution >= 4 is 11.7 Å². The zero-order valence-electron chi connectivity index (χ0n) is 11.2. The van der Waals surface area contributed by atoms with Crippen LogP contribution in [0.15, 0.2) is 12.3 Å². The van der Waals surface area contributed by atoms with E-state index < -0.39 is 0 Å². The molecule has 104 valence electrons. The molecular formula is C12H14N6O2. The van der Waals surface area contributed by atoms with Gasteiger partial charge in [-0.25, -0.2) is 14.6 Å². The number of amides is 1. The summed E-state index contributed by atoms with van der Waals surface area (Å²) >= 11 is 0. The van der Waals surface area contributed by atoms with Crippen molar-refractivity contribution in [1.82, 2.24) is 25.1 Å². The van der Waals surface area contributed by atoms with Crippen LogP contribution >= 0.6 is 0 Å². The molecule has 3 heterocycles. The first-order valence-corrected chi connectivity index (χ1v) is 6.22. The van der Waals surface area contributed by atoms with Gasteiger partial charge in [-0.1, -0.05) is 0 Å². The molecule has 2 aromatic rings. The van der Waals surface area contributed by atoms with Crippen LogP contribution in [-0.2, 0) is 0 Å². The molecule has 0 fully saturated rings. The number of nitrogens with one attached hydrogen (secondary N) is 2. The molecule has 0 saturated carbocycles. The van der Waals surface area contributed by atoms with E-state index in [4.69, 9.17) is 4.74 Å². The number of aromatic nitrogens is 4. The average Bonchev–Trinajstić information content (AvgIpc) is 2.95. The van der Waals surface area contributed by atoms with E-state index in [1.807, 2.05) is 0 Å². The van der Waals surface area contributed by atoms with Crippen LogP contribution in [0.1, 0.15) is 16.3 Å². The number of carbonyl (C=O) groups is 1. The minimum absolute atomic E-state index is 0.248. The molecular weight excluding hydrogens is 260 g/mol. The lowest BCUT2D eigenvalue weighted by atomic mass is 10.4. The lowest BCUT2D eigenvalue weighted by Gasteiger charge is -2.20. The minimum Gasteiger partial charge on any atom is -0.485 e. The van der Waals surface area contributed by atoms with E-state index in [1.165, 1.54) is 4.68 Å². The quantitative estimate of drug-likeness (QED) is 0.808. The number of hydrogen-bond acceptors (Lipinski definition) is 6. The average molecular weight is 274 g/mol. The molecule has 20 heavy (non-hydrogen) atoms. The highest BCUT2D eigenvalue weighted by Crippen LogP contribution is 2.30. The SMILES string of the molecule is CNC(=O)c1ccn(-c2nc(C)nc3c2OCCN3)n1. The van der Waals surface area contributed by atoms with Crippen molar-refractivity contribution in [3.05, 3.63) is 23.8 Å². The summed E-state index contributed by atoms with van der Waals surface area (Å²) in [5, 5.41) is 9.89. The van der Waals surface area contributed by atoms with Gasteiger partial charge >= 0.3 is 0 Å². The molecule has 2 aromatic heterocycles. The van der Waals surface area contributed by atoms with Crippen LogP contribution in [-0.4, -0.2) is 45.9 Å². The Morgan fingerprint density at radius 1 is 1.50 bits per heavy atom. The molecule has 2 N–H and O–H groups in total. The number of anilines is 1. The third kappa shape index (κ3) is 2.04. The summed E-state index contributed by atoms with van der Waals surface area (Å²) in [6, 6.07) is 1.62. The first-order chi connectivity index (χ1) is 9.69. The first-order valence-electron chi connectivity index (χ1n) is 6.22. The van der Waals surface area contributed by atoms with Crippen molar-refractivity contribution in [2.24, 2.45) is 0 Å². The molecule has 0 spiro atoms. The van der Waals surface area contributed by atoms with E-state index in [1.54, 1.807) is 26.2 Å². The summed E-state index contributed by atoms with van der Waals surface area (Å²) in [5.74, 6) is 2.08. The van der Waals surface area contributed by atoms with Crippen LogP contribution in [0.3, 0.4) is 0 Å². The summed E-state index contributed by atoms with van der Waals surface area (Å²) in [6.45, 7) is 3.03. The Morgan fingerprint density at radius 2 is 2.35 bits per heavy atom. The Kier molecular flexibility index (Phi) is 2.97. The van der Waals surface area contributed by atoms with Crippen LogP contribution in [0.4, 0.5) is 5.82 Å². The predicted octanol–water partition coefficient (Wildman–Crippen LogP) is 0.135. The van der Waals surface area contributed by atoms with Gasteiger partial charge in [0.15, 0.2) is 11.5 Å². The van der Waals surface area contributed by atoms with Gasteiger partial charge in [0.1, 0.15) is 12.4 Å². The van der Waals surface area contributed by atoms with E-state index in [9.17, 15) is 4.79 Å². The Morgan fingerprint density at radius 3 is 3.15 bits per heavy atom. The van der Waals surface area contributed by atoms with Crippen LogP contribution in [0.25, 0.3) is 5.82 Å². The third-order valence-electron chi connectivity index (χ3n) is 2.87. The minimum atomic E-state index is -0.248. The van der Waals surface area contributed by atoms with Crippen LogP contribution in [0.2, 0.25) is 0 Å². The van der Waals surface area contributed by atoms with E-state index in [0.29, 0.717) is 42.1 Å². The maximum Gasteiger partial charge on any atom is 0.271 e. The largest absolute Gasteiger partial charge is 0.485 e. The molecule has 0 bridgehead atoms. The number of rotatable bonds is 2. The predicted molar refractivity (Wildman–Crippen MR) is 71.3 cm³/mol. The highest BCUT2D eigenvalue weighted by molar-refractivity contribution is 5.91. The summed E-state index contributed by atoms with van der Waals surface area (Å²) in [5.41, 5.74) is 0.321. The fraction of sp³-hybridized carbons (Fsp3) is 0.333. The van der Waals surface area contributed by atoms with Crippen molar-refractivity contribution in [3.8, 4) is 11.6 Å². The number of ether oxygens (including phenoxy) is 1. The van der Waals surface area contributed by atoms with Gasteiger partial charge in [0.25, 0.3) is 5.91 Å². The Balaban J connectivity index is 2.07. The molecule has 1 aliphatic rings. The first kappa shape index (κ1) is 12.4. The smallest absolute Gasteiger partial charge is 0.271 e. The van der Waals surface area contributed by atoms with Crippen molar-refractivity contribution in [2.75, 3.05) is 25.5 Å². The highest BCUT2D eigenvalue weighted by Gasteiger charge is 2.20. The van der Waals surface area contributed by atoms with Crippen molar-refractivity contribution in [1.29, 1.82) is 0 Å². The number of carbonyl (C=O) groups excluding carboxylic acids is 1. The maximum absolute atomic E-state index is 11.6. The number of hydrogen-bond donors (Lipinski definition) is 2. The summed E-state index contributed by atoms with van der Waals surface area (Å²) in [4.78, 5) is 20.2. The number of nitrogens with zero attached hydrogens (tertiary/aromatic N) is 4. The van der Waals surface area contributed by atoms with Gasteiger partial charge in [-0.05, 0) is 13.0 Å². The molecule has 0 unspecified atom stereocenters. The van der Waals surface area contributed by atoms with E-state index >= 15 is 0 Å². The normalized spacial score (nSPS) is 13.1. The van der Waals surface area contributed by atoms with Crippen molar-refractivity contribution < 1.29 is 9.53 Å². The lowest BCUT2D eigenvalue weighted by molar-refractivity contribution is 0.0957. The lowest BCUT2D eigenvalue weighted by Crippen LogP contribution is -2.22. The van der Waals surface area contributed by atoms with Crippen molar-refractivity contribution in [3.63, 3.8) is 0 Å².